The van der Waals surface area contributed by atoms with E-state index in [0.29, 0.717) is 23.8 Å². The van der Waals surface area contributed by atoms with Crippen LogP contribution in [0, 0.1) is 12.3 Å². The maximum Gasteiger partial charge on any atom is 0.273 e. The molecule has 0 N–H and O–H groups in total. The quantitative estimate of drug-likeness (QED) is 0.453. The summed E-state index contributed by atoms with van der Waals surface area (Å²) in [7, 11) is 0. The minimum Gasteiger partial charge on any atom is -0.368 e. The minimum absolute atomic E-state index is 0.0435. The van der Waals surface area contributed by atoms with E-state index in [9.17, 15) is 4.79 Å². The Morgan fingerprint density at radius 2 is 1.90 bits per heavy atom. The molecule has 0 radical (unpaired) electrons. The van der Waals surface area contributed by atoms with Crippen molar-refractivity contribution in [3.8, 4) is 23.5 Å². The van der Waals surface area contributed by atoms with Gasteiger partial charge in [-0.3, -0.25) is 4.79 Å². The van der Waals surface area contributed by atoms with Gasteiger partial charge in [-0.25, -0.2) is 9.97 Å². The van der Waals surface area contributed by atoms with Crippen LogP contribution in [0.3, 0.4) is 0 Å². The number of anilines is 1. The summed E-state index contributed by atoms with van der Waals surface area (Å²) in [5.41, 5.74) is 6.93. The van der Waals surface area contributed by atoms with Crippen molar-refractivity contribution < 1.29 is 4.79 Å². The highest BCUT2D eigenvalue weighted by Gasteiger charge is 2.24. The Morgan fingerprint density at radius 3 is 2.70 bits per heavy atom. The van der Waals surface area contributed by atoms with Gasteiger partial charge in [-0.1, -0.05) is 24.3 Å². The fraction of sp³-hybridized carbons (Fsp3) is 0.174. The Bertz CT molecular complexity index is 1260. The summed E-state index contributed by atoms with van der Waals surface area (Å²) in [5, 5.41) is 2.29. The van der Waals surface area contributed by atoms with Crippen LogP contribution in [0.2, 0.25) is 0 Å². The van der Waals surface area contributed by atoms with Gasteiger partial charge in [0.1, 0.15) is 5.69 Å². The van der Waals surface area contributed by atoms with Gasteiger partial charge in [0, 0.05) is 42.8 Å². The van der Waals surface area contributed by atoms with E-state index >= 15 is 0 Å². The first kappa shape index (κ1) is 18.8. The van der Waals surface area contributed by atoms with Crippen LogP contribution in [0.25, 0.3) is 21.3 Å². The van der Waals surface area contributed by atoms with E-state index in [1.165, 1.54) is 32.9 Å². The Morgan fingerprint density at radius 1 is 1.07 bits per heavy atom. The van der Waals surface area contributed by atoms with E-state index in [1.807, 2.05) is 16.5 Å². The van der Waals surface area contributed by atoms with Gasteiger partial charge in [0.25, 0.3) is 5.91 Å². The molecule has 0 atom stereocenters. The van der Waals surface area contributed by atoms with Crippen molar-refractivity contribution in [2.24, 2.45) is 0 Å². The Labute approximate surface area is 182 Å². The number of piperazine rings is 1. The highest BCUT2D eigenvalue weighted by Crippen LogP contribution is 2.33. The molecule has 1 saturated heterocycles. The molecule has 148 valence electrons. The van der Waals surface area contributed by atoms with Gasteiger partial charge < -0.3 is 9.80 Å². The summed E-state index contributed by atoms with van der Waals surface area (Å²) in [6.45, 7) is 2.89. The number of amides is 1. The van der Waals surface area contributed by atoms with Crippen LogP contribution < -0.4 is 4.90 Å². The van der Waals surface area contributed by atoms with Crippen molar-refractivity contribution >= 4 is 44.5 Å². The Balaban J connectivity index is 1.32. The molecule has 0 saturated carbocycles. The first-order valence-electron chi connectivity index (χ1n) is 9.62. The molecule has 1 amide bonds. The van der Waals surface area contributed by atoms with E-state index in [4.69, 9.17) is 6.42 Å². The molecular formula is C23H18N4OS2. The van der Waals surface area contributed by atoms with Crippen molar-refractivity contribution in [1.82, 2.24) is 14.9 Å². The first-order chi connectivity index (χ1) is 14.7. The molecule has 30 heavy (non-hydrogen) atoms. The molecule has 0 bridgehead atoms. The number of thiazole rings is 2. The van der Waals surface area contributed by atoms with Crippen LogP contribution in [-0.4, -0.2) is 47.0 Å². The second-order valence-corrected chi connectivity index (χ2v) is 8.73. The molecule has 3 heterocycles. The lowest BCUT2D eigenvalue weighted by Crippen LogP contribution is -2.48. The average Bonchev–Trinajstić information content (AvgIpc) is 3.48. The van der Waals surface area contributed by atoms with Crippen LogP contribution in [0.15, 0.2) is 53.4 Å². The normalized spacial score (nSPS) is 14.1. The third-order valence-electron chi connectivity index (χ3n) is 5.29. The molecule has 0 aliphatic carbocycles. The molecule has 7 heteroatoms. The van der Waals surface area contributed by atoms with Crippen molar-refractivity contribution in [3.63, 3.8) is 0 Å². The number of hydrogen-bond donors (Lipinski definition) is 0. The van der Waals surface area contributed by atoms with E-state index in [-0.39, 0.29) is 5.91 Å². The van der Waals surface area contributed by atoms with Crippen LogP contribution in [0.4, 0.5) is 5.69 Å². The SMILES string of the molecule is C#Cc1nc(C(=O)N2CCN(c3cccc(-c4cccc5ncsc45)c3)CC2)cs1. The Kier molecular flexibility index (Phi) is 4.95. The zero-order chi connectivity index (χ0) is 20.5. The highest BCUT2D eigenvalue weighted by atomic mass is 32.1. The van der Waals surface area contributed by atoms with E-state index in [0.717, 1.165) is 18.6 Å². The topological polar surface area (TPSA) is 49.3 Å². The lowest BCUT2D eigenvalue weighted by atomic mass is 10.0. The van der Waals surface area contributed by atoms with Gasteiger partial charge in [0.05, 0.1) is 15.7 Å². The van der Waals surface area contributed by atoms with Crippen LogP contribution >= 0.6 is 22.7 Å². The van der Waals surface area contributed by atoms with E-state index in [1.54, 1.807) is 16.7 Å². The minimum atomic E-state index is -0.0435. The lowest BCUT2D eigenvalue weighted by Gasteiger charge is -2.36. The molecule has 2 aromatic carbocycles. The Hall–Kier alpha value is -3.21. The number of hydrogen-bond acceptors (Lipinski definition) is 6. The lowest BCUT2D eigenvalue weighted by molar-refractivity contribution is 0.0741. The van der Waals surface area contributed by atoms with Gasteiger partial charge in [0.15, 0.2) is 5.01 Å². The molecule has 0 spiro atoms. The number of rotatable bonds is 3. The number of terminal acetylenes is 1. The summed E-state index contributed by atoms with van der Waals surface area (Å²) in [6, 6.07) is 14.8. The van der Waals surface area contributed by atoms with E-state index in [2.05, 4.69) is 57.2 Å². The number of carbonyl (C=O) groups excluding carboxylic acids is 1. The van der Waals surface area contributed by atoms with Crippen LogP contribution in [0.5, 0.6) is 0 Å². The number of fused-ring (bicyclic) bond motifs is 1. The number of benzene rings is 2. The zero-order valence-electron chi connectivity index (χ0n) is 16.1. The maximum atomic E-state index is 12.7. The van der Waals surface area contributed by atoms with E-state index < -0.39 is 0 Å². The molecule has 1 aliphatic rings. The molecule has 0 unspecified atom stereocenters. The van der Waals surface area contributed by atoms with Gasteiger partial charge in [0.2, 0.25) is 0 Å². The zero-order valence-corrected chi connectivity index (χ0v) is 17.7. The largest absolute Gasteiger partial charge is 0.368 e. The van der Waals surface area contributed by atoms with Crippen molar-refractivity contribution in [2.75, 3.05) is 31.1 Å². The standard InChI is InChI=1S/C23H18N4OS2/c1-2-21-25-20(14-29-21)23(28)27-11-9-26(10-12-27)17-6-3-5-16(13-17)18-7-4-8-19-22(18)30-15-24-19/h1,3-8,13-15H,9-12H2. The number of carbonyl (C=O) groups is 1. The van der Waals surface area contributed by atoms with Gasteiger partial charge >= 0.3 is 0 Å². The summed E-state index contributed by atoms with van der Waals surface area (Å²) in [4.78, 5) is 25.5. The van der Waals surface area contributed by atoms with Gasteiger partial charge in [-0.2, -0.15) is 0 Å². The summed E-state index contributed by atoms with van der Waals surface area (Å²) in [6.07, 6.45) is 5.37. The van der Waals surface area contributed by atoms with Gasteiger partial charge in [-0.05, 0) is 29.7 Å². The fourth-order valence-corrected chi connectivity index (χ4v) is 5.17. The highest BCUT2D eigenvalue weighted by molar-refractivity contribution is 7.17. The molecule has 1 aliphatic heterocycles. The molecule has 4 aromatic rings. The summed E-state index contributed by atoms with van der Waals surface area (Å²) in [5.74, 6) is 2.44. The predicted octanol–water partition coefficient (Wildman–Crippen LogP) is 4.36. The summed E-state index contributed by atoms with van der Waals surface area (Å²) >= 11 is 3.00. The third kappa shape index (κ3) is 3.45. The van der Waals surface area contributed by atoms with Crippen LogP contribution in [-0.2, 0) is 0 Å². The second kappa shape index (κ2) is 7.90. The smallest absolute Gasteiger partial charge is 0.273 e. The van der Waals surface area contributed by atoms with Crippen molar-refractivity contribution in [1.29, 1.82) is 0 Å². The van der Waals surface area contributed by atoms with Crippen molar-refractivity contribution in [3.05, 3.63) is 64.1 Å². The molecule has 2 aromatic heterocycles. The third-order valence-corrected chi connectivity index (χ3v) is 6.94. The predicted molar refractivity (Wildman–Crippen MR) is 123 cm³/mol. The van der Waals surface area contributed by atoms with Gasteiger partial charge in [-0.15, -0.1) is 29.1 Å². The number of aromatic nitrogens is 2. The molecule has 5 rings (SSSR count). The van der Waals surface area contributed by atoms with Crippen LogP contribution in [0.1, 0.15) is 15.5 Å². The molecule has 5 nitrogen and oxygen atoms in total. The first-order valence-corrected chi connectivity index (χ1v) is 11.4. The fourth-order valence-electron chi connectivity index (χ4n) is 3.75. The summed E-state index contributed by atoms with van der Waals surface area (Å²) < 4.78 is 1.21. The maximum absolute atomic E-state index is 12.7. The average molecular weight is 431 g/mol. The monoisotopic (exact) mass is 430 g/mol. The molecular weight excluding hydrogens is 412 g/mol. The van der Waals surface area contributed by atoms with Crippen molar-refractivity contribution in [2.45, 2.75) is 0 Å². The second-order valence-electron chi connectivity index (χ2n) is 7.02. The molecule has 1 fully saturated rings. The number of nitrogens with zero attached hydrogens (tertiary/aromatic N) is 4.